The molecule has 0 radical (unpaired) electrons. The van der Waals surface area contributed by atoms with E-state index in [9.17, 15) is 38.9 Å². The van der Waals surface area contributed by atoms with Crippen molar-refractivity contribution in [3.05, 3.63) is 96.7 Å². The van der Waals surface area contributed by atoms with Gasteiger partial charge in [-0.3, -0.25) is 24.5 Å². The normalized spacial score (nSPS) is 13.6. The molecule has 17 nitrogen and oxygen atoms in total. The number of hydrogen-bond donors (Lipinski definition) is 0. The fourth-order valence-corrected chi connectivity index (χ4v) is 7.34. The highest BCUT2D eigenvalue weighted by molar-refractivity contribution is 7.12. The number of ether oxygens (including phenoxy) is 4. The summed E-state index contributed by atoms with van der Waals surface area (Å²) in [4.78, 5) is 102. The summed E-state index contributed by atoms with van der Waals surface area (Å²) in [5, 5.41) is 11.4. The number of likely N-dealkylation sites (N-methyl/N-ethyl adjacent to an activating group) is 1. The van der Waals surface area contributed by atoms with Crippen molar-refractivity contribution in [1.82, 2.24) is 14.7 Å². The van der Waals surface area contributed by atoms with E-state index in [2.05, 4.69) is 4.99 Å². The minimum absolute atomic E-state index is 0.0195. The highest BCUT2D eigenvalue weighted by atomic mass is 32.1. The summed E-state index contributed by atoms with van der Waals surface area (Å²) in [6, 6.07) is 12.1. The zero-order valence-corrected chi connectivity index (χ0v) is 37.9. The van der Waals surface area contributed by atoms with Gasteiger partial charge in [-0.2, -0.15) is 9.89 Å². The monoisotopic (exact) mass is 877 g/mol. The molecule has 0 N–H and O–H groups in total. The quantitative estimate of drug-likeness (QED) is 0.0476. The zero-order valence-electron chi connectivity index (χ0n) is 37.1. The number of carbonyl (C=O) groups excluding carboxylic acids is 6. The number of aliphatic imine (C=N–C) groups is 1. The van der Waals surface area contributed by atoms with Gasteiger partial charge in [0.15, 0.2) is 5.84 Å². The molecule has 2 aromatic carbocycles. The average molecular weight is 878 g/mol. The van der Waals surface area contributed by atoms with Crippen molar-refractivity contribution in [1.29, 1.82) is 0 Å². The number of hydrogen-bond acceptors (Lipinski definition) is 13. The third kappa shape index (κ3) is 13.7. The number of imide groups is 1. The first-order chi connectivity index (χ1) is 28.7. The lowest BCUT2D eigenvalue weighted by Crippen LogP contribution is -2.51. The SMILES string of the molecule is CCOC(=O)Cc1cc2c(s1)CCN(C(=O)[C@H](Cc1ccc([N+](=O)[O-])cc1)N(C)C(=O)c1ccc(C(=NC(=O)OC(C)(C)C)N(C(=O)OC(C)(C)C)C(=O)OC(C)(C)C)cc1)C2. The van der Waals surface area contributed by atoms with Crippen LogP contribution in [-0.2, 0) is 54.3 Å². The minimum Gasteiger partial charge on any atom is -0.466 e. The van der Waals surface area contributed by atoms with Crippen molar-refractivity contribution in [2.45, 2.75) is 118 Å². The summed E-state index contributed by atoms with van der Waals surface area (Å²) >= 11 is 1.50. The Morgan fingerprint density at radius 3 is 1.90 bits per heavy atom. The predicted octanol–water partition coefficient (Wildman–Crippen LogP) is 7.88. The van der Waals surface area contributed by atoms with E-state index in [0.717, 1.165) is 15.3 Å². The molecule has 2 heterocycles. The molecule has 0 saturated carbocycles. The van der Waals surface area contributed by atoms with E-state index in [1.54, 1.807) is 74.1 Å². The Bertz CT molecular complexity index is 2170. The summed E-state index contributed by atoms with van der Waals surface area (Å²) in [6.07, 6.45) is -2.83. The number of carbonyl (C=O) groups is 6. The molecule has 1 aliphatic heterocycles. The van der Waals surface area contributed by atoms with E-state index in [-0.39, 0.29) is 54.7 Å². The van der Waals surface area contributed by atoms with Crippen molar-refractivity contribution in [3.8, 4) is 0 Å². The molecular formula is C44H55N5O12S. The van der Waals surface area contributed by atoms with E-state index < -0.39 is 57.8 Å². The van der Waals surface area contributed by atoms with Gasteiger partial charge in [0.25, 0.3) is 11.6 Å². The molecule has 62 heavy (non-hydrogen) atoms. The Morgan fingerprint density at radius 1 is 0.839 bits per heavy atom. The maximum Gasteiger partial charge on any atom is 0.436 e. The van der Waals surface area contributed by atoms with Crippen molar-refractivity contribution >= 4 is 58.9 Å². The maximum atomic E-state index is 14.5. The van der Waals surface area contributed by atoms with Crippen LogP contribution in [0.25, 0.3) is 0 Å². The molecule has 1 aliphatic rings. The number of nitro groups is 1. The number of fused-ring (bicyclic) bond motifs is 1. The van der Waals surface area contributed by atoms with Crippen LogP contribution < -0.4 is 0 Å². The summed E-state index contributed by atoms with van der Waals surface area (Å²) in [6.45, 7) is 17.0. The molecule has 18 heteroatoms. The molecule has 0 aliphatic carbocycles. The smallest absolute Gasteiger partial charge is 0.436 e. The first-order valence-corrected chi connectivity index (χ1v) is 20.8. The second-order valence-corrected chi connectivity index (χ2v) is 18.7. The molecule has 3 aromatic rings. The summed E-state index contributed by atoms with van der Waals surface area (Å²) in [7, 11) is 1.48. The predicted molar refractivity (Wildman–Crippen MR) is 230 cm³/mol. The van der Waals surface area contributed by atoms with Crippen LogP contribution in [0.4, 0.5) is 20.1 Å². The van der Waals surface area contributed by atoms with Gasteiger partial charge in [0.1, 0.15) is 22.8 Å². The number of thiophene rings is 1. The van der Waals surface area contributed by atoms with Gasteiger partial charge in [-0.25, -0.2) is 14.4 Å². The Morgan fingerprint density at radius 2 is 1.39 bits per heavy atom. The third-order valence-corrected chi connectivity index (χ3v) is 10.1. The van der Waals surface area contributed by atoms with Crippen LogP contribution in [0.2, 0.25) is 0 Å². The molecule has 334 valence electrons. The molecule has 4 rings (SSSR count). The van der Waals surface area contributed by atoms with Crippen LogP contribution in [-0.4, -0.2) is 105 Å². The fraction of sp³-hybridized carbons (Fsp3) is 0.477. The largest absolute Gasteiger partial charge is 0.466 e. The highest BCUT2D eigenvalue weighted by Crippen LogP contribution is 2.30. The summed E-state index contributed by atoms with van der Waals surface area (Å²) < 4.78 is 21.6. The van der Waals surface area contributed by atoms with E-state index in [1.165, 1.54) is 71.8 Å². The van der Waals surface area contributed by atoms with Crippen LogP contribution >= 0.6 is 11.3 Å². The number of nitrogens with zero attached hydrogens (tertiary/aromatic N) is 5. The second-order valence-electron chi connectivity index (χ2n) is 17.5. The molecule has 0 spiro atoms. The lowest BCUT2D eigenvalue weighted by atomic mass is 10.00. The topological polar surface area (TPSA) is 205 Å². The van der Waals surface area contributed by atoms with Crippen LogP contribution in [0.15, 0.2) is 59.6 Å². The molecule has 1 aromatic heterocycles. The van der Waals surface area contributed by atoms with Gasteiger partial charge in [-0.1, -0.05) is 24.3 Å². The van der Waals surface area contributed by atoms with Gasteiger partial charge in [0.05, 0.1) is 18.0 Å². The lowest BCUT2D eigenvalue weighted by Gasteiger charge is -2.34. The minimum atomic E-state index is -1.19. The van der Waals surface area contributed by atoms with Crippen LogP contribution in [0.3, 0.4) is 0 Å². The first kappa shape index (κ1) is 48.5. The molecule has 5 amide bonds. The van der Waals surface area contributed by atoms with Crippen molar-refractivity contribution < 1.29 is 52.6 Å². The number of rotatable bonds is 10. The number of benzene rings is 2. The number of nitro benzene ring substituents is 1. The molecule has 0 saturated heterocycles. The molecule has 0 bridgehead atoms. The van der Waals surface area contributed by atoms with Crippen molar-refractivity contribution in [3.63, 3.8) is 0 Å². The third-order valence-electron chi connectivity index (χ3n) is 8.85. The van der Waals surface area contributed by atoms with E-state index in [4.69, 9.17) is 18.9 Å². The highest BCUT2D eigenvalue weighted by Gasteiger charge is 2.38. The van der Waals surface area contributed by atoms with Gasteiger partial charge in [-0.05, 0) is 105 Å². The molecule has 0 fully saturated rings. The van der Waals surface area contributed by atoms with Gasteiger partial charge < -0.3 is 28.7 Å². The van der Waals surface area contributed by atoms with Crippen molar-refractivity contribution in [2.75, 3.05) is 20.2 Å². The number of amidine groups is 1. The standard InChI is InChI=1S/C44H55N5O12S/c1-12-58-35(50)25-32-24-30-26-47(22-21-34(30)62-32)38(52)33(23-27-13-19-31(20-14-27)49(56)57)46(11)37(51)29-17-15-28(16-18-29)36(45-39(53)59-42(2,3)4)48(40(54)60-43(5,6)7)41(55)61-44(8,9)10/h13-20,24,33H,12,21-23,25-26H2,1-11H3/t33-/m0/s1. The van der Waals surface area contributed by atoms with Gasteiger partial charge in [0.2, 0.25) is 5.91 Å². The van der Waals surface area contributed by atoms with E-state index in [1.807, 2.05) is 6.07 Å². The molecule has 1 atom stereocenters. The van der Waals surface area contributed by atoms with Gasteiger partial charge in [-0.15, -0.1) is 11.3 Å². The Labute approximate surface area is 365 Å². The Hall–Kier alpha value is -6.17. The average Bonchev–Trinajstić information content (AvgIpc) is 3.55. The molecule has 0 unspecified atom stereocenters. The van der Waals surface area contributed by atoms with E-state index in [0.29, 0.717) is 23.4 Å². The Balaban J connectivity index is 1.72. The van der Waals surface area contributed by atoms with Crippen LogP contribution in [0.1, 0.15) is 106 Å². The van der Waals surface area contributed by atoms with Crippen LogP contribution in [0.5, 0.6) is 0 Å². The zero-order chi connectivity index (χ0) is 46.3. The number of esters is 1. The fourth-order valence-electron chi connectivity index (χ4n) is 6.19. The molecular weight excluding hydrogens is 823 g/mol. The summed E-state index contributed by atoms with van der Waals surface area (Å²) in [5.41, 5.74) is -1.69. The van der Waals surface area contributed by atoms with E-state index >= 15 is 0 Å². The second kappa shape index (κ2) is 19.7. The van der Waals surface area contributed by atoms with Gasteiger partial charge >= 0.3 is 24.2 Å². The van der Waals surface area contributed by atoms with Gasteiger partial charge in [0, 0.05) is 59.6 Å². The Kier molecular flexibility index (Phi) is 15.4. The number of amides is 5. The summed E-state index contributed by atoms with van der Waals surface area (Å²) in [5.74, 6) is -1.78. The lowest BCUT2D eigenvalue weighted by molar-refractivity contribution is -0.384. The maximum absolute atomic E-state index is 14.5. The first-order valence-electron chi connectivity index (χ1n) is 20.0. The van der Waals surface area contributed by atoms with Crippen molar-refractivity contribution in [2.24, 2.45) is 4.99 Å². The van der Waals surface area contributed by atoms with Crippen LogP contribution in [0, 0.1) is 10.1 Å². The number of non-ortho nitro benzene ring substituents is 1.